The first-order valence-electron chi connectivity index (χ1n) is 11.4. The smallest absolute Gasteiger partial charge is 0.303 e. The monoisotopic (exact) mass is 400 g/mol. The summed E-state index contributed by atoms with van der Waals surface area (Å²) in [6.45, 7) is 6.16. The number of allylic oxidation sites excluding steroid dienone is 2. The van der Waals surface area contributed by atoms with Crippen molar-refractivity contribution in [3.63, 3.8) is 0 Å². The Hall–Kier alpha value is -1.90. The second-order valence-corrected chi connectivity index (χ2v) is 8.36. The average molecular weight is 401 g/mol. The maximum absolute atomic E-state index is 12.9. The lowest BCUT2D eigenvalue weighted by Crippen LogP contribution is -2.34. The number of carboxylic acids is 1. The van der Waals surface area contributed by atoms with E-state index in [1.807, 2.05) is 18.2 Å². The summed E-state index contributed by atoms with van der Waals surface area (Å²) < 4.78 is 0. The first-order chi connectivity index (χ1) is 13.9. The number of Topliss-reactive ketones (excluding diaryl/α,β-unsaturated/α-hetero) is 1. The topological polar surface area (TPSA) is 54.4 Å². The van der Waals surface area contributed by atoms with Gasteiger partial charge in [0.2, 0.25) is 0 Å². The first-order valence-corrected chi connectivity index (χ1v) is 11.4. The molecule has 1 unspecified atom stereocenters. The van der Waals surface area contributed by atoms with Gasteiger partial charge in [-0.25, -0.2) is 0 Å². The van der Waals surface area contributed by atoms with Gasteiger partial charge in [0, 0.05) is 6.42 Å². The lowest BCUT2D eigenvalue weighted by molar-refractivity contribution is -0.137. The van der Waals surface area contributed by atoms with Crippen LogP contribution >= 0.6 is 0 Å². The summed E-state index contributed by atoms with van der Waals surface area (Å²) in [5, 5.41) is 8.78. The van der Waals surface area contributed by atoms with Crippen molar-refractivity contribution in [3.05, 3.63) is 47.5 Å². The van der Waals surface area contributed by atoms with E-state index >= 15 is 0 Å². The van der Waals surface area contributed by atoms with Crippen LogP contribution in [0.2, 0.25) is 0 Å². The molecule has 162 valence electrons. The third-order valence-electron chi connectivity index (χ3n) is 5.98. The van der Waals surface area contributed by atoms with E-state index in [9.17, 15) is 9.59 Å². The van der Waals surface area contributed by atoms with Crippen LogP contribution in [-0.4, -0.2) is 16.9 Å². The number of carbonyl (C=O) groups is 2. The lowest BCUT2D eigenvalue weighted by atomic mass is 9.70. The molecule has 0 fully saturated rings. The third kappa shape index (κ3) is 9.43. The number of rotatable bonds is 16. The summed E-state index contributed by atoms with van der Waals surface area (Å²) in [5.74, 6) is -0.486. The molecule has 1 rings (SSSR count). The maximum atomic E-state index is 12.9. The molecule has 0 aliphatic rings. The van der Waals surface area contributed by atoms with Gasteiger partial charge in [0.25, 0.3) is 0 Å². The van der Waals surface area contributed by atoms with E-state index in [0.717, 1.165) is 50.5 Å². The van der Waals surface area contributed by atoms with Gasteiger partial charge < -0.3 is 5.11 Å². The van der Waals surface area contributed by atoms with Crippen molar-refractivity contribution in [1.82, 2.24) is 0 Å². The van der Waals surface area contributed by atoms with Crippen molar-refractivity contribution in [2.75, 3.05) is 0 Å². The predicted molar refractivity (Wildman–Crippen MR) is 121 cm³/mol. The van der Waals surface area contributed by atoms with Crippen LogP contribution in [0.5, 0.6) is 0 Å². The largest absolute Gasteiger partial charge is 0.481 e. The molecular formula is C26H40O3. The van der Waals surface area contributed by atoms with E-state index in [-0.39, 0.29) is 12.2 Å². The van der Waals surface area contributed by atoms with Gasteiger partial charge >= 0.3 is 5.97 Å². The number of ketones is 1. The summed E-state index contributed by atoms with van der Waals surface area (Å²) in [6, 6.07) is 10.2. The van der Waals surface area contributed by atoms with Gasteiger partial charge in [-0.15, -0.1) is 0 Å². The van der Waals surface area contributed by atoms with Crippen LogP contribution in [0.4, 0.5) is 0 Å². The van der Waals surface area contributed by atoms with Gasteiger partial charge in [-0.3, -0.25) is 9.59 Å². The molecule has 0 amide bonds. The van der Waals surface area contributed by atoms with Gasteiger partial charge in [-0.05, 0) is 57.9 Å². The minimum absolute atomic E-state index is 0.235. The fourth-order valence-corrected chi connectivity index (χ4v) is 4.10. The number of hydrogen-bond donors (Lipinski definition) is 1. The van der Waals surface area contributed by atoms with Crippen molar-refractivity contribution < 1.29 is 14.7 Å². The molecule has 0 radical (unpaired) electrons. The standard InChI is InChI=1S/C26H40O3/c1-4-5-9-15-22(2)16-14-21-26(23(3)27,24-17-10-8-11-18-24)20-13-7-6-12-19-25(28)29/h8,10-11,16-18H,4-7,9,12-15,19-21H2,1-3H3,(H,28,29)/b22-16+. The Morgan fingerprint density at radius 3 is 2.17 bits per heavy atom. The Morgan fingerprint density at radius 2 is 1.55 bits per heavy atom. The molecule has 1 N–H and O–H groups in total. The van der Waals surface area contributed by atoms with Crippen LogP contribution < -0.4 is 0 Å². The highest BCUT2D eigenvalue weighted by atomic mass is 16.4. The Bertz CT molecular complexity index is 633. The van der Waals surface area contributed by atoms with Crippen molar-refractivity contribution >= 4 is 11.8 Å². The Kier molecular flexibility index (Phi) is 12.3. The van der Waals surface area contributed by atoms with Crippen molar-refractivity contribution in [2.24, 2.45) is 0 Å². The lowest BCUT2D eigenvalue weighted by Gasteiger charge is -2.32. The van der Waals surface area contributed by atoms with Crippen LogP contribution in [0.25, 0.3) is 0 Å². The second-order valence-electron chi connectivity index (χ2n) is 8.36. The summed E-state index contributed by atoms with van der Waals surface area (Å²) in [5.41, 5.74) is 2.11. The molecule has 3 nitrogen and oxygen atoms in total. The molecule has 0 bridgehead atoms. The van der Waals surface area contributed by atoms with E-state index in [2.05, 4.69) is 32.1 Å². The molecule has 1 aromatic carbocycles. The molecule has 0 heterocycles. The molecule has 3 heteroatoms. The fraction of sp³-hybridized carbons (Fsp3) is 0.615. The highest BCUT2D eigenvalue weighted by Crippen LogP contribution is 2.36. The van der Waals surface area contributed by atoms with Crippen molar-refractivity contribution in [3.8, 4) is 0 Å². The summed E-state index contributed by atoms with van der Waals surface area (Å²) in [6.07, 6.45) is 13.6. The van der Waals surface area contributed by atoms with Crippen LogP contribution in [0.1, 0.15) is 103 Å². The number of aliphatic carboxylic acids is 1. The fourth-order valence-electron chi connectivity index (χ4n) is 4.10. The van der Waals surface area contributed by atoms with Crippen LogP contribution in [-0.2, 0) is 15.0 Å². The maximum Gasteiger partial charge on any atom is 0.303 e. The molecule has 1 aromatic rings. The molecule has 0 saturated carbocycles. The van der Waals surface area contributed by atoms with Crippen LogP contribution in [0.15, 0.2) is 42.0 Å². The Morgan fingerprint density at radius 1 is 0.897 bits per heavy atom. The SMILES string of the molecule is CCCCC/C(C)=C/CCC(CCCCCCC(=O)O)(C(C)=O)c1ccccc1. The van der Waals surface area contributed by atoms with Gasteiger partial charge in [-0.1, -0.05) is 81.0 Å². The molecular weight excluding hydrogens is 360 g/mol. The molecule has 0 aliphatic heterocycles. The van der Waals surface area contributed by atoms with Crippen molar-refractivity contribution in [1.29, 1.82) is 0 Å². The average Bonchev–Trinajstić information content (AvgIpc) is 2.69. The zero-order chi connectivity index (χ0) is 21.5. The van der Waals surface area contributed by atoms with Gasteiger partial charge in [0.05, 0.1) is 5.41 Å². The molecule has 0 aromatic heterocycles. The first kappa shape index (κ1) is 25.1. The minimum atomic E-state index is -0.728. The molecule has 0 saturated heterocycles. The quantitative estimate of drug-likeness (QED) is 0.235. The third-order valence-corrected chi connectivity index (χ3v) is 5.98. The highest BCUT2D eigenvalue weighted by molar-refractivity contribution is 5.88. The Labute approximate surface area is 177 Å². The summed E-state index contributed by atoms with van der Waals surface area (Å²) in [7, 11) is 0. The number of carbonyl (C=O) groups excluding carboxylic acids is 1. The van der Waals surface area contributed by atoms with Gasteiger partial charge in [-0.2, -0.15) is 0 Å². The van der Waals surface area contributed by atoms with E-state index < -0.39 is 11.4 Å². The molecule has 29 heavy (non-hydrogen) atoms. The number of unbranched alkanes of at least 4 members (excludes halogenated alkanes) is 5. The number of benzene rings is 1. The number of hydrogen-bond acceptors (Lipinski definition) is 2. The van der Waals surface area contributed by atoms with Crippen LogP contribution in [0.3, 0.4) is 0 Å². The normalized spacial score (nSPS) is 13.8. The van der Waals surface area contributed by atoms with Crippen molar-refractivity contribution in [2.45, 2.75) is 103 Å². The summed E-state index contributed by atoms with van der Waals surface area (Å²) in [4.78, 5) is 23.5. The zero-order valence-corrected chi connectivity index (χ0v) is 18.7. The second kappa shape index (κ2) is 14.1. The van der Waals surface area contributed by atoms with Gasteiger partial charge in [0.15, 0.2) is 0 Å². The Balaban J connectivity index is 2.78. The van der Waals surface area contributed by atoms with E-state index in [1.54, 1.807) is 6.92 Å². The zero-order valence-electron chi connectivity index (χ0n) is 18.7. The van der Waals surface area contributed by atoms with Crippen LogP contribution in [0, 0.1) is 0 Å². The number of carboxylic acid groups (broad SMARTS) is 1. The molecule has 0 spiro atoms. The van der Waals surface area contributed by atoms with E-state index in [0.29, 0.717) is 6.42 Å². The molecule has 0 aliphatic carbocycles. The van der Waals surface area contributed by atoms with E-state index in [1.165, 1.54) is 24.8 Å². The summed E-state index contributed by atoms with van der Waals surface area (Å²) >= 11 is 0. The van der Waals surface area contributed by atoms with Gasteiger partial charge in [0.1, 0.15) is 5.78 Å². The molecule has 1 atom stereocenters. The predicted octanol–water partition coefficient (Wildman–Crippen LogP) is 7.25. The highest BCUT2D eigenvalue weighted by Gasteiger charge is 2.35. The minimum Gasteiger partial charge on any atom is -0.481 e. The van der Waals surface area contributed by atoms with E-state index in [4.69, 9.17) is 5.11 Å².